The summed E-state index contributed by atoms with van der Waals surface area (Å²) in [6.07, 6.45) is 0. The molecule has 1 aliphatic rings. The number of aryl methyl sites for hydroxylation is 1. The van der Waals surface area contributed by atoms with E-state index in [1.165, 1.54) is 0 Å². The minimum Gasteiger partial charge on any atom is -0.273 e. The first-order valence-corrected chi connectivity index (χ1v) is 6.69. The quantitative estimate of drug-likeness (QED) is 0.700. The van der Waals surface area contributed by atoms with Crippen molar-refractivity contribution in [3.8, 4) is 0 Å². The van der Waals surface area contributed by atoms with Crippen LogP contribution in [0.1, 0.15) is 12.5 Å². The van der Waals surface area contributed by atoms with Gasteiger partial charge in [0.25, 0.3) is 0 Å². The van der Waals surface area contributed by atoms with Crippen LogP contribution in [-0.2, 0) is 20.4 Å². The molecule has 1 saturated heterocycles. The lowest BCUT2D eigenvalue weighted by Crippen LogP contribution is -2.51. The zero-order valence-electron chi connectivity index (χ0n) is 9.67. The molecule has 0 aliphatic carbocycles. The Kier molecular flexibility index (Phi) is 3.11. The van der Waals surface area contributed by atoms with Gasteiger partial charge < -0.3 is 0 Å². The molecule has 2 unspecified atom stereocenters. The number of anilines is 1. The number of hydrogen-bond acceptors (Lipinski definition) is 3. The van der Waals surface area contributed by atoms with E-state index in [1.54, 1.807) is 19.1 Å². The molecular weight excluding hydrogens is 238 g/mol. The van der Waals surface area contributed by atoms with Gasteiger partial charge in [-0.15, -0.1) is 0 Å². The Labute approximate surface area is 102 Å². The highest BCUT2D eigenvalue weighted by Gasteiger charge is 2.37. The molecule has 0 radical (unpaired) electrons. The predicted octanol–water partition coefficient (Wildman–Crippen LogP) is 1.01. The molecule has 1 aromatic carbocycles. The molecule has 4 nitrogen and oxygen atoms in total. The van der Waals surface area contributed by atoms with E-state index in [9.17, 15) is 13.8 Å². The lowest BCUT2D eigenvalue weighted by molar-refractivity contribution is -0.125. The van der Waals surface area contributed by atoms with Gasteiger partial charge in [0.15, 0.2) is 0 Å². The minimum absolute atomic E-state index is 0.0826. The largest absolute Gasteiger partial charge is 0.273 e. The monoisotopic (exact) mass is 251 g/mol. The summed E-state index contributed by atoms with van der Waals surface area (Å²) in [5, 5.41) is -0.617. The van der Waals surface area contributed by atoms with Crippen molar-refractivity contribution in [3.05, 3.63) is 29.8 Å². The summed E-state index contributed by atoms with van der Waals surface area (Å²) in [4.78, 5) is 24.8. The van der Waals surface area contributed by atoms with Gasteiger partial charge in [0, 0.05) is 10.8 Å². The van der Waals surface area contributed by atoms with Gasteiger partial charge >= 0.3 is 0 Å². The Morgan fingerprint density at radius 2 is 1.82 bits per heavy atom. The van der Waals surface area contributed by atoms with E-state index in [-0.39, 0.29) is 11.7 Å². The number of carbonyl (C=O) groups is 2. The second-order valence-electron chi connectivity index (χ2n) is 4.07. The Bertz CT molecular complexity index is 495. The van der Waals surface area contributed by atoms with E-state index < -0.39 is 22.0 Å². The average molecular weight is 251 g/mol. The van der Waals surface area contributed by atoms with Gasteiger partial charge in [0.2, 0.25) is 11.8 Å². The molecule has 2 amide bonds. The number of nitrogens with zero attached hydrogens (tertiary/aromatic N) is 1. The number of amides is 2. The molecule has 1 aliphatic heterocycles. The van der Waals surface area contributed by atoms with Crippen LogP contribution in [0.4, 0.5) is 5.69 Å². The fourth-order valence-corrected chi connectivity index (χ4v) is 2.65. The van der Waals surface area contributed by atoms with Gasteiger partial charge in [-0.2, -0.15) is 0 Å². The smallest absolute Gasteiger partial charge is 0.249 e. The molecule has 0 saturated carbocycles. The highest BCUT2D eigenvalue weighted by Crippen LogP contribution is 2.21. The van der Waals surface area contributed by atoms with Gasteiger partial charge in [-0.3, -0.25) is 13.8 Å². The van der Waals surface area contributed by atoms with Crippen molar-refractivity contribution in [2.45, 2.75) is 19.1 Å². The molecule has 0 N–H and O–H groups in total. The van der Waals surface area contributed by atoms with Crippen molar-refractivity contribution in [1.82, 2.24) is 0 Å². The normalized spacial score (nSPS) is 25.2. The third kappa shape index (κ3) is 2.15. The van der Waals surface area contributed by atoms with E-state index >= 15 is 0 Å². The standard InChI is InChI=1S/C12H13NO3S/c1-8-3-5-10(6-4-8)13-11(14)7-17(16)9(2)12(13)15/h3-6,9H,7H2,1-2H3. The van der Waals surface area contributed by atoms with Gasteiger partial charge in [-0.05, 0) is 26.0 Å². The zero-order valence-corrected chi connectivity index (χ0v) is 10.5. The topological polar surface area (TPSA) is 54.5 Å². The third-order valence-electron chi connectivity index (χ3n) is 2.77. The Morgan fingerprint density at radius 3 is 2.41 bits per heavy atom. The number of rotatable bonds is 1. The Hall–Kier alpha value is -1.49. The van der Waals surface area contributed by atoms with E-state index in [1.807, 2.05) is 19.1 Å². The molecular formula is C12H13NO3S. The number of hydrogen-bond donors (Lipinski definition) is 0. The van der Waals surface area contributed by atoms with Crippen LogP contribution in [0.2, 0.25) is 0 Å². The molecule has 5 heteroatoms. The van der Waals surface area contributed by atoms with Crippen molar-refractivity contribution in [1.29, 1.82) is 0 Å². The fourth-order valence-electron chi connectivity index (χ4n) is 1.69. The molecule has 90 valence electrons. The van der Waals surface area contributed by atoms with E-state index in [4.69, 9.17) is 0 Å². The average Bonchev–Trinajstić information content (AvgIpc) is 2.29. The van der Waals surface area contributed by atoms with Crippen LogP contribution in [0.3, 0.4) is 0 Å². The van der Waals surface area contributed by atoms with Gasteiger partial charge in [-0.1, -0.05) is 17.7 Å². The van der Waals surface area contributed by atoms with E-state index in [0.29, 0.717) is 5.69 Å². The predicted molar refractivity (Wildman–Crippen MR) is 66.1 cm³/mol. The summed E-state index contributed by atoms with van der Waals surface area (Å²) in [6.45, 7) is 3.52. The second kappa shape index (κ2) is 4.41. The molecule has 1 fully saturated rings. The summed E-state index contributed by atoms with van der Waals surface area (Å²) < 4.78 is 11.5. The summed E-state index contributed by atoms with van der Waals surface area (Å²) in [5.74, 6) is -0.862. The first-order valence-electron chi connectivity index (χ1n) is 5.31. The SMILES string of the molecule is Cc1ccc(N2C(=O)CS(=O)C(C)C2=O)cc1. The maximum Gasteiger partial charge on any atom is 0.249 e. The first kappa shape index (κ1) is 12.0. The maximum absolute atomic E-state index is 11.9. The molecule has 17 heavy (non-hydrogen) atoms. The van der Waals surface area contributed by atoms with Crippen molar-refractivity contribution in [2.75, 3.05) is 10.7 Å². The molecule has 2 rings (SSSR count). The van der Waals surface area contributed by atoms with Gasteiger partial charge in [0.1, 0.15) is 11.0 Å². The molecule has 2 atom stereocenters. The van der Waals surface area contributed by atoms with Crippen molar-refractivity contribution >= 4 is 28.3 Å². The van der Waals surface area contributed by atoms with Crippen LogP contribution in [0.15, 0.2) is 24.3 Å². The highest BCUT2D eigenvalue weighted by molar-refractivity contribution is 7.87. The van der Waals surface area contributed by atoms with Crippen molar-refractivity contribution in [3.63, 3.8) is 0 Å². The Balaban J connectivity index is 2.37. The summed E-state index contributed by atoms with van der Waals surface area (Å²) in [6, 6.07) is 7.14. The summed E-state index contributed by atoms with van der Waals surface area (Å²) >= 11 is 0. The Morgan fingerprint density at radius 1 is 1.24 bits per heavy atom. The number of imide groups is 1. The lowest BCUT2D eigenvalue weighted by atomic mass is 10.2. The van der Waals surface area contributed by atoms with Crippen LogP contribution >= 0.6 is 0 Å². The number of benzene rings is 1. The van der Waals surface area contributed by atoms with Crippen LogP contribution in [0.25, 0.3) is 0 Å². The maximum atomic E-state index is 11.9. The van der Waals surface area contributed by atoms with E-state index in [2.05, 4.69) is 0 Å². The molecule has 1 aromatic rings. The highest BCUT2D eigenvalue weighted by atomic mass is 32.2. The van der Waals surface area contributed by atoms with Crippen LogP contribution in [-0.4, -0.2) is 27.0 Å². The lowest BCUT2D eigenvalue weighted by Gasteiger charge is -2.28. The van der Waals surface area contributed by atoms with Gasteiger partial charge in [-0.25, -0.2) is 4.90 Å². The van der Waals surface area contributed by atoms with Crippen LogP contribution < -0.4 is 4.90 Å². The van der Waals surface area contributed by atoms with E-state index in [0.717, 1.165) is 10.5 Å². The summed E-state index contributed by atoms with van der Waals surface area (Å²) in [5.41, 5.74) is 1.61. The van der Waals surface area contributed by atoms with Crippen molar-refractivity contribution in [2.24, 2.45) is 0 Å². The molecule has 0 bridgehead atoms. The summed E-state index contributed by atoms with van der Waals surface area (Å²) in [7, 11) is -1.38. The fraction of sp³-hybridized carbons (Fsp3) is 0.333. The van der Waals surface area contributed by atoms with Crippen LogP contribution in [0, 0.1) is 6.92 Å². The first-order chi connectivity index (χ1) is 8.00. The molecule has 0 aromatic heterocycles. The molecule has 1 heterocycles. The van der Waals surface area contributed by atoms with Crippen LogP contribution in [0.5, 0.6) is 0 Å². The van der Waals surface area contributed by atoms with Gasteiger partial charge in [0.05, 0.1) is 5.69 Å². The van der Waals surface area contributed by atoms with Crippen molar-refractivity contribution < 1.29 is 13.8 Å². The second-order valence-corrected chi connectivity index (χ2v) is 5.83. The number of carbonyl (C=O) groups excluding carboxylic acids is 2. The minimum atomic E-state index is -1.38. The third-order valence-corrected chi connectivity index (χ3v) is 4.29. The molecule has 0 spiro atoms. The zero-order chi connectivity index (χ0) is 12.6.